The largest absolute Gasteiger partial charge is 0.0808 e. The molecule has 1 saturated carbocycles. The maximum atomic E-state index is 2.38. The molecule has 0 spiro atoms. The second kappa shape index (κ2) is 4.27. The lowest BCUT2D eigenvalue weighted by atomic mass is 10.1. The molecule has 0 N–H and O–H groups in total. The lowest BCUT2D eigenvalue weighted by Crippen LogP contribution is -1.84. The lowest BCUT2D eigenvalue weighted by molar-refractivity contribution is 0.689. The Kier molecular flexibility index (Phi) is 2.81. The molecule has 0 bridgehead atoms. The number of allylic oxidation sites excluding steroid dienone is 1. The normalized spacial score (nSPS) is 18.5. The Morgan fingerprint density at radius 3 is 2.38 bits per heavy atom. The summed E-state index contributed by atoms with van der Waals surface area (Å²) in [6.45, 7) is 0. The van der Waals surface area contributed by atoms with E-state index in [0.717, 1.165) is 5.92 Å². The zero-order valence-electron chi connectivity index (χ0n) is 7.95. The highest BCUT2D eigenvalue weighted by Gasteiger charge is 2.10. The third-order valence-corrected chi connectivity index (χ3v) is 2.76. The molecule has 0 amide bonds. The van der Waals surface area contributed by atoms with Gasteiger partial charge < -0.3 is 0 Å². The van der Waals surface area contributed by atoms with Crippen LogP contribution in [0.3, 0.4) is 0 Å². The van der Waals surface area contributed by atoms with Gasteiger partial charge in [0.25, 0.3) is 0 Å². The van der Waals surface area contributed by atoms with E-state index in [2.05, 4.69) is 42.5 Å². The molecule has 1 aromatic rings. The van der Waals surface area contributed by atoms with Crippen LogP contribution in [0, 0.1) is 5.92 Å². The molecule has 0 aromatic heterocycles. The number of rotatable bonds is 2. The van der Waals surface area contributed by atoms with Gasteiger partial charge in [0, 0.05) is 0 Å². The predicted molar refractivity (Wildman–Crippen MR) is 57.4 cm³/mol. The molecule has 1 aromatic carbocycles. The first kappa shape index (κ1) is 8.55. The molecule has 0 nitrogen and oxygen atoms in total. The minimum absolute atomic E-state index is 0.847. The van der Waals surface area contributed by atoms with Gasteiger partial charge in [0.15, 0.2) is 0 Å². The van der Waals surface area contributed by atoms with E-state index in [4.69, 9.17) is 0 Å². The Morgan fingerprint density at radius 2 is 1.69 bits per heavy atom. The zero-order valence-corrected chi connectivity index (χ0v) is 7.95. The fourth-order valence-electron chi connectivity index (χ4n) is 1.96. The van der Waals surface area contributed by atoms with E-state index >= 15 is 0 Å². The Morgan fingerprint density at radius 1 is 1.00 bits per heavy atom. The molecule has 0 unspecified atom stereocenters. The smallest absolute Gasteiger partial charge is 0.0230 e. The monoisotopic (exact) mass is 172 g/mol. The van der Waals surface area contributed by atoms with Crippen molar-refractivity contribution in [3.63, 3.8) is 0 Å². The van der Waals surface area contributed by atoms with Crippen molar-refractivity contribution in [2.75, 3.05) is 0 Å². The van der Waals surface area contributed by atoms with Crippen LogP contribution in [0.5, 0.6) is 0 Å². The second-order valence-corrected chi connectivity index (χ2v) is 3.81. The van der Waals surface area contributed by atoms with E-state index in [9.17, 15) is 0 Å². The highest BCUT2D eigenvalue weighted by molar-refractivity contribution is 5.48. The Balaban J connectivity index is 1.97. The van der Waals surface area contributed by atoms with Crippen LogP contribution in [-0.2, 0) is 0 Å². The van der Waals surface area contributed by atoms with Gasteiger partial charge in [-0.15, -0.1) is 0 Å². The maximum Gasteiger partial charge on any atom is -0.0230 e. The molecule has 1 aliphatic carbocycles. The molecule has 0 saturated heterocycles. The van der Waals surface area contributed by atoms with Crippen LogP contribution in [0.4, 0.5) is 0 Å². The molecular weight excluding hydrogens is 156 g/mol. The first-order chi connectivity index (χ1) is 6.45. The predicted octanol–water partition coefficient (Wildman–Crippen LogP) is 3.89. The third kappa shape index (κ3) is 2.45. The van der Waals surface area contributed by atoms with Crippen LogP contribution >= 0.6 is 0 Å². The van der Waals surface area contributed by atoms with Crippen molar-refractivity contribution in [3.8, 4) is 0 Å². The quantitative estimate of drug-likeness (QED) is 0.635. The molecule has 2 rings (SSSR count). The minimum atomic E-state index is 0.847. The molecule has 13 heavy (non-hydrogen) atoms. The van der Waals surface area contributed by atoms with Crippen LogP contribution in [0.25, 0.3) is 6.08 Å². The minimum Gasteiger partial charge on any atom is -0.0808 e. The summed E-state index contributed by atoms with van der Waals surface area (Å²) in [4.78, 5) is 0. The average Bonchev–Trinajstić information content (AvgIpc) is 2.69. The highest BCUT2D eigenvalue weighted by Crippen LogP contribution is 2.26. The molecular formula is C13H16. The fourth-order valence-corrected chi connectivity index (χ4v) is 1.96. The van der Waals surface area contributed by atoms with Crippen molar-refractivity contribution in [2.45, 2.75) is 25.7 Å². The van der Waals surface area contributed by atoms with Crippen molar-refractivity contribution in [2.24, 2.45) is 5.92 Å². The van der Waals surface area contributed by atoms with Crippen LogP contribution in [-0.4, -0.2) is 0 Å². The summed E-state index contributed by atoms with van der Waals surface area (Å²) in [5.74, 6) is 0.847. The number of hydrogen-bond donors (Lipinski definition) is 0. The van der Waals surface area contributed by atoms with Gasteiger partial charge in [-0.25, -0.2) is 0 Å². The Bertz CT molecular complexity index is 265. The summed E-state index contributed by atoms with van der Waals surface area (Å²) in [5, 5.41) is 0. The van der Waals surface area contributed by atoms with Gasteiger partial charge in [0.1, 0.15) is 0 Å². The molecule has 0 aliphatic heterocycles. The van der Waals surface area contributed by atoms with E-state index in [0.29, 0.717) is 0 Å². The van der Waals surface area contributed by atoms with E-state index in [-0.39, 0.29) is 0 Å². The van der Waals surface area contributed by atoms with Gasteiger partial charge >= 0.3 is 0 Å². The maximum absolute atomic E-state index is 2.38. The fraction of sp³-hybridized carbons (Fsp3) is 0.385. The van der Waals surface area contributed by atoms with Gasteiger partial charge in [0.05, 0.1) is 0 Å². The second-order valence-electron chi connectivity index (χ2n) is 3.81. The summed E-state index contributed by atoms with van der Waals surface area (Å²) in [6.07, 6.45) is 10.3. The van der Waals surface area contributed by atoms with Crippen LogP contribution in [0.2, 0.25) is 0 Å². The van der Waals surface area contributed by atoms with E-state index in [1.54, 1.807) is 0 Å². The molecule has 1 aliphatic rings. The molecule has 0 radical (unpaired) electrons. The highest BCUT2D eigenvalue weighted by atomic mass is 14.2. The Labute approximate surface area is 80.3 Å². The van der Waals surface area contributed by atoms with Crippen molar-refractivity contribution in [1.82, 2.24) is 0 Å². The summed E-state index contributed by atoms with van der Waals surface area (Å²) >= 11 is 0. The van der Waals surface area contributed by atoms with E-state index in [1.807, 2.05) is 0 Å². The van der Waals surface area contributed by atoms with Crippen LogP contribution in [0.15, 0.2) is 36.4 Å². The first-order valence-corrected chi connectivity index (χ1v) is 5.18. The Hall–Kier alpha value is -1.04. The number of benzene rings is 1. The van der Waals surface area contributed by atoms with E-state index < -0.39 is 0 Å². The molecule has 68 valence electrons. The van der Waals surface area contributed by atoms with Crippen molar-refractivity contribution in [3.05, 3.63) is 42.0 Å². The molecule has 0 heterocycles. The summed E-state index contributed by atoms with van der Waals surface area (Å²) in [5.41, 5.74) is 1.33. The summed E-state index contributed by atoms with van der Waals surface area (Å²) in [7, 11) is 0. The zero-order chi connectivity index (χ0) is 8.93. The van der Waals surface area contributed by atoms with Crippen molar-refractivity contribution >= 4 is 6.08 Å². The molecule has 1 fully saturated rings. The van der Waals surface area contributed by atoms with Gasteiger partial charge in [-0.2, -0.15) is 0 Å². The van der Waals surface area contributed by atoms with Crippen molar-refractivity contribution in [1.29, 1.82) is 0 Å². The van der Waals surface area contributed by atoms with E-state index in [1.165, 1.54) is 31.2 Å². The topological polar surface area (TPSA) is 0 Å². The van der Waals surface area contributed by atoms with Crippen LogP contribution < -0.4 is 0 Å². The molecule has 0 atom stereocenters. The lowest BCUT2D eigenvalue weighted by Gasteiger charge is -1.99. The van der Waals surface area contributed by atoms with Gasteiger partial charge in [0.2, 0.25) is 0 Å². The SMILES string of the molecule is C(=C\C1CCCC1)/c1ccccc1. The molecule has 0 heteroatoms. The van der Waals surface area contributed by atoms with Gasteiger partial charge in [-0.05, 0) is 24.3 Å². The first-order valence-electron chi connectivity index (χ1n) is 5.18. The number of hydrogen-bond acceptors (Lipinski definition) is 0. The third-order valence-electron chi connectivity index (χ3n) is 2.76. The summed E-state index contributed by atoms with van der Waals surface area (Å²) < 4.78 is 0. The average molecular weight is 172 g/mol. The standard InChI is InChI=1S/C13H16/c1-2-6-12(7-3-1)10-11-13-8-4-5-9-13/h1-3,6-7,10-11,13H,4-5,8-9H2/b11-10+. The van der Waals surface area contributed by atoms with Gasteiger partial charge in [-0.3, -0.25) is 0 Å². The van der Waals surface area contributed by atoms with Gasteiger partial charge in [-0.1, -0.05) is 55.3 Å². The van der Waals surface area contributed by atoms with Crippen LogP contribution in [0.1, 0.15) is 31.2 Å². The summed E-state index contributed by atoms with van der Waals surface area (Å²) in [6, 6.07) is 10.6. The van der Waals surface area contributed by atoms with Crippen molar-refractivity contribution < 1.29 is 0 Å².